The molecule has 20 heavy (non-hydrogen) atoms. The average Bonchev–Trinajstić information content (AvgIpc) is 2.68. The van der Waals surface area contributed by atoms with Crippen LogP contribution in [0.2, 0.25) is 0 Å². The van der Waals surface area contributed by atoms with E-state index in [0.717, 1.165) is 23.3 Å². The van der Waals surface area contributed by atoms with Gasteiger partial charge in [0.05, 0.1) is 16.6 Å². The predicted octanol–water partition coefficient (Wildman–Crippen LogP) is 3.95. The summed E-state index contributed by atoms with van der Waals surface area (Å²) >= 11 is 0. The van der Waals surface area contributed by atoms with E-state index >= 15 is 0 Å². The molecular weight excluding hydrogens is 268 g/mol. The van der Waals surface area contributed by atoms with Crippen LogP contribution in [0.3, 0.4) is 0 Å². The van der Waals surface area contributed by atoms with Crippen molar-refractivity contribution in [1.29, 1.82) is 0 Å². The minimum Gasteiger partial charge on any atom is -0.294 e. The molecule has 0 N–H and O–H groups in total. The van der Waals surface area contributed by atoms with Crippen LogP contribution in [0.4, 0.5) is 0 Å². The molecule has 1 unspecified atom stereocenters. The Bertz CT molecular complexity index is 504. The molecule has 0 aliphatic heterocycles. The van der Waals surface area contributed by atoms with E-state index < -0.39 is 10.8 Å². The number of benzene rings is 1. The number of rotatable bonds is 4. The van der Waals surface area contributed by atoms with E-state index in [1.165, 1.54) is 31.3 Å². The second-order valence-corrected chi connectivity index (χ2v) is 6.94. The Labute approximate surface area is 123 Å². The zero-order valence-corrected chi connectivity index (χ0v) is 12.9. The molecule has 0 saturated heterocycles. The maximum atomic E-state index is 12.1. The van der Waals surface area contributed by atoms with Gasteiger partial charge < -0.3 is 0 Å². The zero-order valence-electron chi connectivity index (χ0n) is 12.1. The quantitative estimate of drug-likeness (QED) is 0.621. The first-order chi connectivity index (χ1) is 9.65. The molecular formula is C17H22O2S. The van der Waals surface area contributed by atoms with Crippen LogP contribution in [-0.4, -0.2) is 15.7 Å². The summed E-state index contributed by atoms with van der Waals surface area (Å²) in [5.74, 6) is 0.104. The van der Waals surface area contributed by atoms with Crippen LogP contribution in [0.15, 0.2) is 40.8 Å². The molecule has 108 valence electrons. The highest BCUT2D eigenvalue weighted by Gasteiger charge is 2.11. The highest BCUT2D eigenvalue weighted by atomic mass is 32.2. The molecule has 0 aromatic heterocycles. The van der Waals surface area contributed by atoms with Crippen LogP contribution in [0, 0.1) is 6.92 Å². The summed E-state index contributed by atoms with van der Waals surface area (Å²) in [6.45, 7) is 1.99. The van der Waals surface area contributed by atoms with Gasteiger partial charge in [0.1, 0.15) is 0 Å². The molecule has 0 spiro atoms. The third-order valence-electron chi connectivity index (χ3n) is 3.67. The van der Waals surface area contributed by atoms with Crippen molar-refractivity contribution in [3.05, 3.63) is 41.5 Å². The number of aryl methyl sites for hydroxylation is 1. The summed E-state index contributed by atoms with van der Waals surface area (Å²) in [4.78, 5) is 12.7. The molecule has 0 heterocycles. The number of hydrogen-bond donors (Lipinski definition) is 0. The van der Waals surface area contributed by atoms with Crippen molar-refractivity contribution in [2.45, 2.75) is 50.3 Å². The molecule has 2 rings (SSSR count). The van der Waals surface area contributed by atoms with Crippen molar-refractivity contribution in [2.24, 2.45) is 0 Å². The lowest BCUT2D eigenvalue weighted by atomic mass is 10.1. The Hall–Kier alpha value is -1.22. The minimum atomic E-state index is -1.22. The maximum absolute atomic E-state index is 12.1. The van der Waals surface area contributed by atoms with Gasteiger partial charge in [0, 0.05) is 4.90 Å². The normalized spacial score (nSPS) is 17.4. The van der Waals surface area contributed by atoms with Crippen molar-refractivity contribution >= 4 is 16.6 Å². The van der Waals surface area contributed by atoms with Crippen LogP contribution in [0.25, 0.3) is 0 Å². The largest absolute Gasteiger partial charge is 0.294 e. The first kappa shape index (κ1) is 15.2. The summed E-state index contributed by atoms with van der Waals surface area (Å²) in [5, 5.41) is 0. The fraction of sp³-hybridized carbons (Fsp3) is 0.471. The molecule has 1 aliphatic rings. The fourth-order valence-corrected chi connectivity index (χ4v) is 3.45. The van der Waals surface area contributed by atoms with Gasteiger partial charge in [-0.3, -0.25) is 9.00 Å². The van der Waals surface area contributed by atoms with E-state index in [0.29, 0.717) is 0 Å². The van der Waals surface area contributed by atoms with Crippen molar-refractivity contribution in [2.75, 3.05) is 5.75 Å². The van der Waals surface area contributed by atoms with Crippen molar-refractivity contribution in [3.63, 3.8) is 0 Å². The first-order valence-electron chi connectivity index (χ1n) is 7.32. The van der Waals surface area contributed by atoms with Crippen molar-refractivity contribution < 1.29 is 9.00 Å². The molecule has 1 fully saturated rings. The fourth-order valence-electron chi connectivity index (χ4n) is 2.50. The molecule has 1 aromatic carbocycles. The van der Waals surface area contributed by atoms with Gasteiger partial charge in [0.15, 0.2) is 5.78 Å². The van der Waals surface area contributed by atoms with Gasteiger partial charge in [-0.05, 0) is 50.8 Å². The second kappa shape index (κ2) is 7.53. The first-order valence-corrected chi connectivity index (χ1v) is 8.64. The Balaban J connectivity index is 1.95. The molecule has 1 saturated carbocycles. The van der Waals surface area contributed by atoms with Gasteiger partial charge in [-0.25, -0.2) is 0 Å². The summed E-state index contributed by atoms with van der Waals surface area (Å²) < 4.78 is 12.1. The molecule has 1 aromatic rings. The third-order valence-corrected chi connectivity index (χ3v) is 5.01. The zero-order chi connectivity index (χ0) is 14.4. The van der Waals surface area contributed by atoms with Gasteiger partial charge in [0.2, 0.25) is 0 Å². The second-order valence-electron chi connectivity index (χ2n) is 5.49. The summed E-state index contributed by atoms with van der Waals surface area (Å²) in [5.41, 5.74) is 2.38. The minimum absolute atomic E-state index is 0.000748. The lowest BCUT2D eigenvalue weighted by Gasteiger charge is -2.03. The van der Waals surface area contributed by atoms with Crippen LogP contribution in [0.1, 0.15) is 44.1 Å². The predicted molar refractivity (Wildman–Crippen MR) is 83.2 cm³/mol. The highest BCUT2D eigenvalue weighted by Crippen LogP contribution is 2.22. The Morgan fingerprint density at radius 3 is 2.30 bits per heavy atom. The summed E-state index contributed by atoms with van der Waals surface area (Å²) in [6.07, 6.45) is 8.70. The van der Waals surface area contributed by atoms with Gasteiger partial charge in [0.25, 0.3) is 0 Å². The summed E-state index contributed by atoms with van der Waals surface area (Å²) in [6, 6.07) is 7.55. The molecule has 1 atom stereocenters. The molecule has 0 bridgehead atoms. The smallest absolute Gasteiger partial charge is 0.168 e. The monoisotopic (exact) mass is 290 g/mol. The molecule has 0 radical (unpaired) electrons. The van der Waals surface area contributed by atoms with Crippen molar-refractivity contribution in [1.82, 2.24) is 0 Å². The number of carbonyl (C=O) groups is 1. The van der Waals surface area contributed by atoms with E-state index in [9.17, 15) is 9.00 Å². The molecule has 0 amide bonds. The third kappa shape index (κ3) is 4.71. The summed E-state index contributed by atoms with van der Waals surface area (Å²) in [7, 11) is -1.22. The topological polar surface area (TPSA) is 34.1 Å². The molecule has 2 nitrogen and oxygen atoms in total. The van der Waals surface area contributed by atoms with Crippen LogP contribution >= 0.6 is 0 Å². The lowest BCUT2D eigenvalue weighted by Crippen LogP contribution is -2.09. The number of allylic oxidation sites excluding steroid dienone is 2. The van der Waals surface area contributed by atoms with E-state index in [4.69, 9.17) is 0 Å². The highest BCUT2D eigenvalue weighted by molar-refractivity contribution is 7.85. The Morgan fingerprint density at radius 2 is 1.70 bits per heavy atom. The number of ketones is 1. The van der Waals surface area contributed by atoms with Crippen LogP contribution in [-0.2, 0) is 15.6 Å². The van der Waals surface area contributed by atoms with E-state index in [1.54, 1.807) is 6.08 Å². The van der Waals surface area contributed by atoms with Gasteiger partial charge in [-0.2, -0.15) is 0 Å². The van der Waals surface area contributed by atoms with Gasteiger partial charge in [-0.1, -0.05) is 36.1 Å². The van der Waals surface area contributed by atoms with Crippen molar-refractivity contribution in [3.8, 4) is 0 Å². The molecule has 3 heteroatoms. The van der Waals surface area contributed by atoms with E-state index in [-0.39, 0.29) is 11.5 Å². The number of hydrogen-bond acceptors (Lipinski definition) is 2. The van der Waals surface area contributed by atoms with E-state index in [2.05, 4.69) is 0 Å². The molecule has 1 aliphatic carbocycles. The SMILES string of the molecule is Cc1ccc(S(=O)CC(=O)C=C2CCCCCC2)cc1. The van der Waals surface area contributed by atoms with Crippen LogP contribution in [0.5, 0.6) is 0 Å². The van der Waals surface area contributed by atoms with Crippen LogP contribution < -0.4 is 0 Å². The van der Waals surface area contributed by atoms with Gasteiger partial charge >= 0.3 is 0 Å². The Morgan fingerprint density at radius 1 is 1.10 bits per heavy atom. The Kier molecular flexibility index (Phi) is 5.72. The maximum Gasteiger partial charge on any atom is 0.168 e. The average molecular weight is 290 g/mol. The lowest BCUT2D eigenvalue weighted by molar-refractivity contribution is -0.112. The van der Waals surface area contributed by atoms with E-state index in [1.807, 2.05) is 31.2 Å². The number of carbonyl (C=O) groups excluding carboxylic acids is 1. The van der Waals surface area contributed by atoms with Gasteiger partial charge in [-0.15, -0.1) is 0 Å². The standard InChI is InChI=1S/C17H22O2S/c1-14-8-10-17(11-9-14)20(19)13-16(18)12-15-6-4-2-3-5-7-15/h8-12H,2-7,13H2,1H3.